The minimum absolute atomic E-state index is 0.0596. The van der Waals surface area contributed by atoms with Crippen LogP contribution in [0.4, 0.5) is 8.78 Å². The first kappa shape index (κ1) is 16.9. The maximum atomic E-state index is 12.9. The van der Waals surface area contributed by atoms with Gasteiger partial charge in [-0.05, 0) is 0 Å². The molecule has 25 heavy (non-hydrogen) atoms. The fraction of sp³-hybridized carbons (Fsp3) is 0.733. The lowest BCUT2D eigenvalue weighted by Gasteiger charge is -2.53. The van der Waals surface area contributed by atoms with Crippen molar-refractivity contribution in [1.29, 1.82) is 0 Å². The van der Waals surface area contributed by atoms with Gasteiger partial charge in [0.25, 0.3) is 0 Å². The number of likely N-dealkylation sites (tertiary alicyclic amines) is 1. The smallest absolute Gasteiger partial charge is 0.249 e. The summed E-state index contributed by atoms with van der Waals surface area (Å²) in [5.74, 6) is -3.86. The fourth-order valence-corrected chi connectivity index (χ4v) is 5.69. The molecule has 1 amide bonds. The molecule has 0 unspecified atom stereocenters. The Morgan fingerprint density at radius 2 is 2.04 bits per heavy atom. The highest BCUT2D eigenvalue weighted by Crippen LogP contribution is 2.44. The SMILES string of the molecule is O=C(C1CC(F)(F)C1)N1CC2(C1)CS(=O)(=O)[C@@H](Cn1ccnc1)CO2. The minimum Gasteiger partial charge on any atom is -0.369 e. The molecule has 1 saturated carbocycles. The second kappa shape index (κ2) is 5.47. The minimum atomic E-state index is -3.38. The first-order valence-electron chi connectivity index (χ1n) is 8.16. The summed E-state index contributed by atoms with van der Waals surface area (Å²) < 4.78 is 58.4. The standard InChI is InChI=1S/C15H19F2N3O4S/c16-15(17)3-11(4-15)13(21)20-7-14(8-20)9-25(22,23)12(6-24-14)5-19-2-1-18-10-19/h1-2,10-12H,3-9H2/t12-/m0/s1. The van der Waals surface area contributed by atoms with Gasteiger partial charge in [-0.15, -0.1) is 0 Å². The number of carbonyl (C=O) groups excluding carboxylic acids is 1. The zero-order valence-corrected chi connectivity index (χ0v) is 14.3. The normalized spacial score (nSPS) is 29.8. The molecular weight excluding hydrogens is 356 g/mol. The lowest BCUT2D eigenvalue weighted by Crippen LogP contribution is -2.71. The summed E-state index contributed by atoms with van der Waals surface area (Å²) in [6.07, 6.45) is 4.00. The number of alkyl halides is 2. The average molecular weight is 375 g/mol. The van der Waals surface area contributed by atoms with Gasteiger partial charge in [-0.1, -0.05) is 0 Å². The Balaban J connectivity index is 1.34. The first-order valence-corrected chi connectivity index (χ1v) is 9.88. The first-order chi connectivity index (χ1) is 11.7. The zero-order chi connectivity index (χ0) is 17.9. The van der Waals surface area contributed by atoms with E-state index < -0.39 is 45.4 Å². The Bertz CT molecular complexity index is 767. The van der Waals surface area contributed by atoms with E-state index >= 15 is 0 Å². The van der Waals surface area contributed by atoms with E-state index in [2.05, 4.69) is 4.98 Å². The molecule has 1 spiro atoms. The number of aromatic nitrogens is 2. The van der Waals surface area contributed by atoms with E-state index in [4.69, 9.17) is 4.74 Å². The summed E-state index contributed by atoms with van der Waals surface area (Å²) in [6.45, 7) is 0.651. The van der Waals surface area contributed by atoms with Crippen LogP contribution < -0.4 is 0 Å². The Labute approximate surface area is 143 Å². The molecule has 0 N–H and O–H groups in total. The van der Waals surface area contributed by atoms with Crippen molar-refractivity contribution in [3.8, 4) is 0 Å². The highest BCUT2D eigenvalue weighted by atomic mass is 32.2. The average Bonchev–Trinajstić information content (AvgIpc) is 2.96. The van der Waals surface area contributed by atoms with E-state index in [-0.39, 0.29) is 37.9 Å². The summed E-state index contributed by atoms with van der Waals surface area (Å²) in [6, 6.07) is 0. The Hall–Kier alpha value is -1.55. The monoisotopic (exact) mass is 375 g/mol. The molecular formula is C15H19F2N3O4S. The van der Waals surface area contributed by atoms with Crippen molar-refractivity contribution in [2.24, 2.45) is 5.92 Å². The number of sulfone groups is 1. The third-order valence-electron chi connectivity index (χ3n) is 5.23. The second-order valence-electron chi connectivity index (χ2n) is 7.34. The summed E-state index contributed by atoms with van der Waals surface area (Å²) >= 11 is 0. The van der Waals surface area contributed by atoms with Crippen molar-refractivity contribution >= 4 is 15.7 Å². The van der Waals surface area contributed by atoms with Gasteiger partial charge in [0.2, 0.25) is 11.8 Å². The molecule has 1 aromatic heterocycles. The number of amides is 1. The van der Waals surface area contributed by atoms with Gasteiger partial charge < -0.3 is 14.2 Å². The molecule has 3 heterocycles. The van der Waals surface area contributed by atoms with Crippen molar-refractivity contribution in [2.45, 2.75) is 36.2 Å². The highest BCUT2D eigenvalue weighted by molar-refractivity contribution is 7.92. The van der Waals surface area contributed by atoms with Gasteiger partial charge in [-0.2, -0.15) is 0 Å². The number of hydrogen-bond acceptors (Lipinski definition) is 5. The largest absolute Gasteiger partial charge is 0.369 e. The van der Waals surface area contributed by atoms with Gasteiger partial charge in [0.15, 0.2) is 9.84 Å². The lowest BCUT2D eigenvalue weighted by atomic mass is 9.79. The number of carbonyl (C=O) groups is 1. The number of hydrogen-bond donors (Lipinski definition) is 0. The van der Waals surface area contributed by atoms with E-state index in [0.29, 0.717) is 0 Å². The van der Waals surface area contributed by atoms with Crippen molar-refractivity contribution in [3.63, 3.8) is 0 Å². The van der Waals surface area contributed by atoms with E-state index in [1.165, 1.54) is 4.90 Å². The van der Waals surface area contributed by atoms with Crippen LogP contribution in [-0.2, 0) is 25.9 Å². The fourth-order valence-electron chi connectivity index (χ4n) is 3.78. The lowest BCUT2D eigenvalue weighted by molar-refractivity contribution is -0.184. The molecule has 1 atom stereocenters. The molecule has 0 radical (unpaired) electrons. The molecule has 0 aromatic carbocycles. The number of imidazole rings is 1. The molecule has 4 rings (SSSR count). The third-order valence-corrected chi connectivity index (χ3v) is 7.46. The van der Waals surface area contributed by atoms with Crippen LogP contribution in [0.1, 0.15) is 12.8 Å². The van der Waals surface area contributed by atoms with E-state index in [1.54, 1.807) is 23.3 Å². The molecule has 10 heteroatoms. The summed E-state index contributed by atoms with van der Waals surface area (Å²) in [5, 5.41) is -0.651. The van der Waals surface area contributed by atoms with E-state index in [9.17, 15) is 22.0 Å². The van der Waals surface area contributed by atoms with E-state index in [1.807, 2.05) is 0 Å². The maximum absolute atomic E-state index is 12.9. The second-order valence-corrected chi connectivity index (χ2v) is 9.62. The van der Waals surface area contributed by atoms with Gasteiger partial charge in [-0.25, -0.2) is 22.2 Å². The van der Waals surface area contributed by atoms with E-state index in [0.717, 1.165) is 0 Å². The molecule has 0 bridgehead atoms. The molecule has 2 saturated heterocycles. The number of nitrogens with zero attached hydrogens (tertiary/aromatic N) is 3. The zero-order valence-electron chi connectivity index (χ0n) is 13.5. The molecule has 1 aromatic rings. The maximum Gasteiger partial charge on any atom is 0.249 e. The van der Waals surface area contributed by atoms with Gasteiger partial charge in [0, 0.05) is 37.7 Å². The van der Waals surface area contributed by atoms with Crippen molar-refractivity contribution in [3.05, 3.63) is 18.7 Å². The molecule has 2 aliphatic heterocycles. The van der Waals surface area contributed by atoms with Crippen LogP contribution in [0.15, 0.2) is 18.7 Å². The predicted octanol–water partition coefficient (Wildman–Crippen LogP) is 0.323. The number of halogens is 2. The van der Waals surface area contributed by atoms with Gasteiger partial charge >= 0.3 is 0 Å². The highest BCUT2D eigenvalue weighted by Gasteiger charge is 2.57. The van der Waals surface area contributed by atoms with Crippen LogP contribution in [0, 0.1) is 5.92 Å². The molecule has 7 nitrogen and oxygen atoms in total. The quantitative estimate of drug-likeness (QED) is 0.760. The third kappa shape index (κ3) is 3.05. The van der Waals surface area contributed by atoms with Crippen LogP contribution in [0.3, 0.4) is 0 Å². The van der Waals surface area contributed by atoms with Gasteiger partial charge in [-0.3, -0.25) is 4.79 Å². The number of rotatable bonds is 3. The van der Waals surface area contributed by atoms with Crippen molar-refractivity contribution < 1.29 is 26.7 Å². The predicted molar refractivity (Wildman–Crippen MR) is 82.7 cm³/mol. The molecule has 138 valence electrons. The van der Waals surface area contributed by atoms with Crippen LogP contribution in [0.2, 0.25) is 0 Å². The van der Waals surface area contributed by atoms with Crippen LogP contribution >= 0.6 is 0 Å². The topological polar surface area (TPSA) is 81.5 Å². The van der Waals surface area contributed by atoms with Crippen LogP contribution in [0.25, 0.3) is 0 Å². The Morgan fingerprint density at radius 3 is 2.60 bits per heavy atom. The summed E-state index contributed by atoms with van der Waals surface area (Å²) in [5.41, 5.74) is -0.883. The Morgan fingerprint density at radius 1 is 1.32 bits per heavy atom. The molecule has 3 aliphatic rings. The van der Waals surface area contributed by atoms with Crippen molar-refractivity contribution in [2.75, 3.05) is 25.4 Å². The van der Waals surface area contributed by atoms with Crippen molar-refractivity contribution in [1.82, 2.24) is 14.5 Å². The van der Waals surface area contributed by atoms with Gasteiger partial charge in [0.05, 0.1) is 31.8 Å². The molecule has 3 fully saturated rings. The molecule has 1 aliphatic carbocycles. The number of ether oxygens (including phenoxy) is 1. The Kier molecular flexibility index (Phi) is 3.70. The van der Waals surface area contributed by atoms with Gasteiger partial charge in [0.1, 0.15) is 10.9 Å². The summed E-state index contributed by atoms with van der Waals surface area (Å²) in [4.78, 5) is 17.5. The summed E-state index contributed by atoms with van der Waals surface area (Å²) in [7, 11) is -3.38. The van der Waals surface area contributed by atoms with Crippen LogP contribution in [-0.4, -0.2) is 71.0 Å². The van der Waals surface area contributed by atoms with Crippen LogP contribution in [0.5, 0.6) is 0 Å².